The van der Waals surface area contributed by atoms with Gasteiger partial charge in [0.2, 0.25) is 0 Å². The molecular weight excluding hydrogens is 264 g/mol. The molecule has 0 aromatic heterocycles. The van der Waals surface area contributed by atoms with Gasteiger partial charge in [0, 0.05) is 24.1 Å². The fraction of sp³-hybridized carbons (Fsp3) is 0.294. The Morgan fingerprint density at radius 2 is 1.86 bits per heavy atom. The molecule has 1 aliphatic rings. The summed E-state index contributed by atoms with van der Waals surface area (Å²) >= 11 is 0. The topological polar surface area (TPSA) is 69.2 Å². The van der Waals surface area contributed by atoms with E-state index in [0.29, 0.717) is 6.54 Å². The highest BCUT2D eigenvalue weighted by atomic mass is 16.6. The van der Waals surface area contributed by atoms with Crippen molar-refractivity contribution in [1.82, 2.24) is 0 Å². The number of rotatable bonds is 4. The van der Waals surface area contributed by atoms with Gasteiger partial charge in [-0.25, -0.2) is 0 Å². The highest BCUT2D eigenvalue weighted by molar-refractivity contribution is 5.42. The van der Waals surface area contributed by atoms with Crippen molar-refractivity contribution in [1.29, 1.82) is 0 Å². The van der Waals surface area contributed by atoms with Gasteiger partial charge in [0.15, 0.2) is 0 Å². The zero-order valence-electron chi connectivity index (χ0n) is 11.8. The molecule has 2 aromatic rings. The molecule has 1 atom stereocenters. The van der Waals surface area contributed by atoms with Crippen molar-refractivity contribution in [2.24, 2.45) is 5.73 Å². The first-order chi connectivity index (χ1) is 10.1. The van der Waals surface area contributed by atoms with Crippen molar-refractivity contribution in [2.45, 2.75) is 24.7 Å². The van der Waals surface area contributed by atoms with E-state index in [1.807, 2.05) is 12.1 Å². The van der Waals surface area contributed by atoms with Crippen molar-refractivity contribution in [2.75, 3.05) is 6.54 Å². The summed E-state index contributed by atoms with van der Waals surface area (Å²) in [5.41, 5.74) is 10.0. The van der Waals surface area contributed by atoms with Gasteiger partial charge >= 0.3 is 0 Å². The molecule has 0 heterocycles. The summed E-state index contributed by atoms with van der Waals surface area (Å²) in [5.74, 6) is 0. The van der Waals surface area contributed by atoms with Gasteiger partial charge in [-0.3, -0.25) is 10.1 Å². The van der Waals surface area contributed by atoms with Crippen LogP contribution in [0.2, 0.25) is 0 Å². The summed E-state index contributed by atoms with van der Waals surface area (Å²) < 4.78 is 0. The van der Waals surface area contributed by atoms with Crippen molar-refractivity contribution >= 4 is 5.69 Å². The maximum Gasteiger partial charge on any atom is 0.269 e. The van der Waals surface area contributed by atoms with Crippen LogP contribution in [0.4, 0.5) is 5.69 Å². The highest BCUT2D eigenvalue weighted by Crippen LogP contribution is 2.40. The van der Waals surface area contributed by atoms with E-state index in [2.05, 4.69) is 24.3 Å². The Labute approximate surface area is 123 Å². The second kappa shape index (κ2) is 5.30. The van der Waals surface area contributed by atoms with Gasteiger partial charge in [-0.1, -0.05) is 36.4 Å². The summed E-state index contributed by atoms with van der Waals surface area (Å²) in [5, 5.41) is 10.7. The first-order valence-corrected chi connectivity index (χ1v) is 7.16. The lowest BCUT2D eigenvalue weighted by Crippen LogP contribution is -2.35. The molecule has 0 radical (unpaired) electrons. The molecule has 3 rings (SSSR count). The van der Waals surface area contributed by atoms with Gasteiger partial charge in [0.1, 0.15) is 0 Å². The Balaban J connectivity index is 1.90. The van der Waals surface area contributed by atoms with Crippen molar-refractivity contribution < 1.29 is 4.92 Å². The van der Waals surface area contributed by atoms with Crippen molar-refractivity contribution in [3.8, 4) is 0 Å². The van der Waals surface area contributed by atoms with Crippen LogP contribution in [0.1, 0.15) is 23.1 Å². The highest BCUT2D eigenvalue weighted by Gasteiger charge is 2.37. The zero-order valence-corrected chi connectivity index (χ0v) is 11.8. The van der Waals surface area contributed by atoms with E-state index in [4.69, 9.17) is 5.73 Å². The molecule has 108 valence electrons. The Morgan fingerprint density at radius 3 is 2.52 bits per heavy atom. The predicted octanol–water partition coefficient (Wildman–Crippen LogP) is 2.98. The van der Waals surface area contributed by atoms with E-state index in [0.717, 1.165) is 24.8 Å². The second-order valence-corrected chi connectivity index (χ2v) is 5.74. The number of nitro benzene ring substituents is 1. The van der Waals surface area contributed by atoms with Crippen LogP contribution < -0.4 is 5.73 Å². The number of hydrogen-bond donors (Lipinski definition) is 1. The Bertz CT molecular complexity index is 667. The third-order valence-corrected chi connectivity index (χ3v) is 4.54. The van der Waals surface area contributed by atoms with Gasteiger partial charge in [-0.05, 0) is 36.0 Å². The minimum absolute atomic E-state index is 0.0350. The maximum atomic E-state index is 10.7. The smallest absolute Gasteiger partial charge is 0.269 e. The number of nitrogens with two attached hydrogens (primary N) is 1. The summed E-state index contributed by atoms with van der Waals surface area (Å²) in [6.07, 6.45) is 2.93. The summed E-state index contributed by atoms with van der Waals surface area (Å²) in [6.45, 7) is 0.598. The number of fused-ring (bicyclic) bond motifs is 1. The van der Waals surface area contributed by atoms with Crippen LogP contribution in [0.15, 0.2) is 48.5 Å². The minimum Gasteiger partial charge on any atom is -0.330 e. The van der Waals surface area contributed by atoms with Crippen LogP contribution in [-0.2, 0) is 18.3 Å². The average molecular weight is 282 g/mol. The van der Waals surface area contributed by atoms with Gasteiger partial charge in [-0.2, -0.15) is 0 Å². The average Bonchev–Trinajstić information content (AvgIpc) is 2.87. The Morgan fingerprint density at radius 1 is 1.14 bits per heavy atom. The van der Waals surface area contributed by atoms with E-state index < -0.39 is 0 Å². The lowest BCUT2D eigenvalue weighted by atomic mass is 9.76. The van der Waals surface area contributed by atoms with Crippen molar-refractivity contribution in [3.63, 3.8) is 0 Å². The van der Waals surface area contributed by atoms with E-state index >= 15 is 0 Å². The zero-order chi connectivity index (χ0) is 14.9. The fourth-order valence-electron chi connectivity index (χ4n) is 3.36. The number of hydrogen-bond acceptors (Lipinski definition) is 3. The lowest BCUT2D eigenvalue weighted by molar-refractivity contribution is -0.384. The third kappa shape index (κ3) is 2.43. The molecule has 0 saturated heterocycles. The largest absolute Gasteiger partial charge is 0.330 e. The summed E-state index contributed by atoms with van der Waals surface area (Å²) in [6, 6.07) is 15.3. The summed E-state index contributed by atoms with van der Waals surface area (Å²) in [4.78, 5) is 10.4. The van der Waals surface area contributed by atoms with Crippen LogP contribution in [0.25, 0.3) is 0 Å². The molecule has 2 N–H and O–H groups in total. The number of non-ortho nitro benzene ring substituents is 1. The standard InChI is InChI=1S/C17H18N2O2/c18-12-17(10-9-14-3-1-2-4-16(14)17)11-13-5-7-15(8-6-13)19(20)21/h1-8H,9-12,18H2. The van der Waals surface area contributed by atoms with Crippen molar-refractivity contribution in [3.05, 3.63) is 75.3 Å². The normalized spacial score (nSPS) is 20.2. The molecule has 0 amide bonds. The first-order valence-electron chi connectivity index (χ1n) is 7.16. The van der Waals surface area contributed by atoms with Gasteiger partial charge in [-0.15, -0.1) is 0 Å². The molecule has 1 aliphatic carbocycles. The molecule has 21 heavy (non-hydrogen) atoms. The number of aryl methyl sites for hydroxylation is 1. The molecule has 4 heteroatoms. The molecule has 0 spiro atoms. The van der Waals surface area contributed by atoms with Gasteiger partial charge in [0.05, 0.1) is 4.92 Å². The molecule has 2 aromatic carbocycles. The minimum atomic E-state index is -0.368. The van der Waals surface area contributed by atoms with E-state index in [9.17, 15) is 10.1 Å². The van der Waals surface area contributed by atoms with Crippen LogP contribution >= 0.6 is 0 Å². The lowest BCUT2D eigenvalue weighted by Gasteiger charge is -2.29. The van der Waals surface area contributed by atoms with Gasteiger partial charge < -0.3 is 5.73 Å². The van der Waals surface area contributed by atoms with Crippen LogP contribution in [0, 0.1) is 10.1 Å². The third-order valence-electron chi connectivity index (χ3n) is 4.54. The van der Waals surface area contributed by atoms with Crippen LogP contribution in [0.3, 0.4) is 0 Å². The number of benzene rings is 2. The Kier molecular flexibility index (Phi) is 3.47. The molecule has 0 fully saturated rings. The molecular formula is C17H18N2O2. The molecule has 0 bridgehead atoms. The van der Waals surface area contributed by atoms with Crippen LogP contribution in [0.5, 0.6) is 0 Å². The predicted molar refractivity (Wildman–Crippen MR) is 82.3 cm³/mol. The second-order valence-electron chi connectivity index (χ2n) is 5.74. The van der Waals surface area contributed by atoms with E-state index in [-0.39, 0.29) is 16.0 Å². The van der Waals surface area contributed by atoms with Crippen LogP contribution in [-0.4, -0.2) is 11.5 Å². The van der Waals surface area contributed by atoms with Gasteiger partial charge in [0.25, 0.3) is 5.69 Å². The first kappa shape index (κ1) is 13.8. The molecule has 0 aliphatic heterocycles. The molecule has 0 saturated carbocycles. The summed E-state index contributed by atoms with van der Waals surface area (Å²) in [7, 11) is 0. The number of nitro groups is 1. The van der Waals surface area contributed by atoms with E-state index in [1.165, 1.54) is 11.1 Å². The fourth-order valence-corrected chi connectivity index (χ4v) is 3.36. The van der Waals surface area contributed by atoms with E-state index in [1.54, 1.807) is 12.1 Å². The SMILES string of the molecule is NCC1(Cc2ccc([N+](=O)[O-])cc2)CCc2ccccc21. The maximum absolute atomic E-state index is 10.7. The molecule has 1 unspecified atom stereocenters. The quantitative estimate of drug-likeness (QED) is 0.692. The monoisotopic (exact) mass is 282 g/mol. The number of nitrogens with zero attached hydrogens (tertiary/aromatic N) is 1. The Hall–Kier alpha value is -2.20. The molecule has 4 nitrogen and oxygen atoms in total.